The number of methoxy groups -OCH3 is 1. The lowest BCUT2D eigenvalue weighted by atomic mass is 9.90. The predicted octanol–water partition coefficient (Wildman–Crippen LogP) is 3.74. The number of benzene rings is 2. The molecule has 0 aromatic heterocycles. The first kappa shape index (κ1) is 21.7. The first-order valence-electron chi connectivity index (χ1n) is 10.3. The molecule has 6 nitrogen and oxygen atoms in total. The second kappa shape index (κ2) is 10.1. The smallest absolute Gasteiger partial charge is 0.309 e. The third kappa shape index (κ3) is 5.75. The van der Waals surface area contributed by atoms with E-state index in [4.69, 9.17) is 14.6 Å². The van der Waals surface area contributed by atoms with Crippen LogP contribution in [0.4, 0.5) is 0 Å². The fourth-order valence-corrected chi connectivity index (χ4v) is 3.70. The lowest BCUT2D eigenvalue weighted by Gasteiger charge is -2.33. The predicted molar refractivity (Wildman–Crippen MR) is 114 cm³/mol. The van der Waals surface area contributed by atoms with E-state index in [0.717, 1.165) is 36.3 Å². The molecule has 0 radical (unpaired) electrons. The molecule has 2 atom stereocenters. The Balaban J connectivity index is 1.62. The van der Waals surface area contributed by atoms with Gasteiger partial charge in [-0.25, -0.2) is 0 Å². The summed E-state index contributed by atoms with van der Waals surface area (Å²) in [4.78, 5) is 25.8. The fraction of sp³-hybridized carbons (Fsp3) is 0.417. The summed E-state index contributed by atoms with van der Waals surface area (Å²) in [6.07, 6.45) is 2.33. The van der Waals surface area contributed by atoms with E-state index < -0.39 is 11.9 Å². The number of aliphatic carboxylic acids is 1. The van der Waals surface area contributed by atoms with Crippen LogP contribution < -0.4 is 9.47 Å². The minimum Gasteiger partial charge on any atom is -0.497 e. The molecule has 160 valence electrons. The molecule has 2 unspecified atom stereocenters. The SMILES string of the molecule is COc1cccc(CC(=O)N2CCCC(c3cccc(OCC(C)C(=O)O)c3)C2)c1. The van der Waals surface area contributed by atoms with E-state index in [1.807, 2.05) is 53.4 Å². The van der Waals surface area contributed by atoms with Gasteiger partial charge in [-0.15, -0.1) is 0 Å². The van der Waals surface area contributed by atoms with Gasteiger partial charge < -0.3 is 19.5 Å². The summed E-state index contributed by atoms with van der Waals surface area (Å²) >= 11 is 0. The maximum absolute atomic E-state index is 12.9. The molecule has 30 heavy (non-hydrogen) atoms. The molecule has 0 spiro atoms. The van der Waals surface area contributed by atoms with Gasteiger partial charge >= 0.3 is 5.97 Å². The number of carbonyl (C=O) groups excluding carboxylic acids is 1. The summed E-state index contributed by atoms with van der Waals surface area (Å²) < 4.78 is 10.9. The molecule has 1 saturated heterocycles. The van der Waals surface area contributed by atoms with Gasteiger partial charge in [0.05, 0.1) is 19.4 Å². The second-order valence-electron chi connectivity index (χ2n) is 7.83. The highest BCUT2D eigenvalue weighted by molar-refractivity contribution is 5.79. The highest BCUT2D eigenvalue weighted by Crippen LogP contribution is 2.29. The van der Waals surface area contributed by atoms with Crippen molar-refractivity contribution < 1.29 is 24.2 Å². The van der Waals surface area contributed by atoms with Crippen LogP contribution in [0.2, 0.25) is 0 Å². The number of rotatable bonds is 8. The molecule has 0 aliphatic carbocycles. The Bertz CT molecular complexity index is 881. The second-order valence-corrected chi connectivity index (χ2v) is 7.83. The Morgan fingerprint density at radius 2 is 1.93 bits per heavy atom. The molecule has 0 bridgehead atoms. The Labute approximate surface area is 177 Å². The zero-order chi connectivity index (χ0) is 21.5. The van der Waals surface area contributed by atoms with Gasteiger partial charge in [-0.2, -0.15) is 0 Å². The van der Waals surface area contributed by atoms with Crippen LogP contribution in [0.1, 0.15) is 36.8 Å². The summed E-state index contributed by atoms with van der Waals surface area (Å²) in [5, 5.41) is 9.01. The van der Waals surface area contributed by atoms with Crippen LogP contribution in [0.15, 0.2) is 48.5 Å². The Morgan fingerprint density at radius 3 is 2.70 bits per heavy atom. The van der Waals surface area contributed by atoms with Gasteiger partial charge in [0.2, 0.25) is 5.91 Å². The molecule has 1 N–H and O–H groups in total. The van der Waals surface area contributed by atoms with Gasteiger partial charge in [-0.1, -0.05) is 24.3 Å². The summed E-state index contributed by atoms with van der Waals surface area (Å²) in [5.74, 6) is 0.354. The van der Waals surface area contributed by atoms with E-state index in [9.17, 15) is 9.59 Å². The number of piperidine rings is 1. The summed E-state index contributed by atoms with van der Waals surface area (Å²) in [6.45, 7) is 3.21. The number of ether oxygens (including phenoxy) is 2. The van der Waals surface area contributed by atoms with Crippen molar-refractivity contribution in [2.24, 2.45) is 5.92 Å². The third-order valence-electron chi connectivity index (χ3n) is 5.51. The van der Waals surface area contributed by atoms with Crippen molar-refractivity contribution in [1.82, 2.24) is 4.90 Å². The van der Waals surface area contributed by atoms with Gasteiger partial charge in [0.1, 0.15) is 18.1 Å². The van der Waals surface area contributed by atoms with Crippen molar-refractivity contribution in [3.05, 3.63) is 59.7 Å². The minimum atomic E-state index is -0.872. The molecule has 0 saturated carbocycles. The molecule has 3 rings (SSSR count). The van der Waals surface area contributed by atoms with Gasteiger partial charge in [-0.05, 0) is 55.2 Å². The van der Waals surface area contributed by atoms with Gasteiger partial charge in [-0.3, -0.25) is 9.59 Å². The van der Waals surface area contributed by atoms with E-state index in [1.54, 1.807) is 14.0 Å². The van der Waals surface area contributed by atoms with Crippen LogP contribution >= 0.6 is 0 Å². The van der Waals surface area contributed by atoms with Crippen molar-refractivity contribution in [3.63, 3.8) is 0 Å². The maximum Gasteiger partial charge on any atom is 0.309 e. The van der Waals surface area contributed by atoms with E-state index in [1.165, 1.54) is 0 Å². The average molecular weight is 411 g/mol. The first-order chi connectivity index (χ1) is 14.5. The topological polar surface area (TPSA) is 76.1 Å². The van der Waals surface area contributed by atoms with Crippen molar-refractivity contribution in [1.29, 1.82) is 0 Å². The highest BCUT2D eigenvalue weighted by Gasteiger charge is 2.25. The maximum atomic E-state index is 12.9. The molecular weight excluding hydrogens is 382 g/mol. The molecular formula is C24H29NO5. The molecule has 1 fully saturated rings. The standard InChI is InChI=1S/C24H29NO5/c1-17(24(27)28)16-30-22-10-4-7-19(14-22)20-8-5-11-25(15-20)23(26)13-18-6-3-9-21(12-18)29-2/h3-4,6-7,9-10,12,14,17,20H,5,8,11,13,15-16H2,1-2H3,(H,27,28). The number of amides is 1. The van der Waals surface area contributed by atoms with E-state index in [0.29, 0.717) is 18.7 Å². The lowest BCUT2D eigenvalue weighted by Crippen LogP contribution is -2.39. The highest BCUT2D eigenvalue weighted by atomic mass is 16.5. The van der Waals surface area contributed by atoms with Gasteiger partial charge in [0.15, 0.2) is 0 Å². The molecule has 1 aliphatic heterocycles. The summed E-state index contributed by atoms with van der Waals surface area (Å²) in [6, 6.07) is 15.4. The molecule has 1 heterocycles. The Hall–Kier alpha value is -3.02. The zero-order valence-corrected chi connectivity index (χ0v) is 17.5. The molecule has 6 heteroatoms. The number of hydrogen-bond donors (Lipinski definition) is 1. The fourth-order valence-electron chi connectivity index (χ4n) is 3.70. The van der Waals surface area contributed by atoms with Crippen LogP contribution in [0.5, 0.6) is 11.5 Å². The monoisotopic (exact) mass is 411 g/mol. The number of nitrogens with zero attached hydrogens (tertiary/aromatic N) is 1. The number of carboxylic acid groups (broad SMARTS) is 1. The minimum absolute atomic E-state index is 0.121. The van der Waals surface area contributed by atoms with Crippen molar-refractivity contribution in [2.45, 2.75) is 32.1 Å². The Kier molecular flexibility index (Phi) is 7.33. The number of likely N-dealkylation sites (tertiary alicyclic amines) is 1. The first-order valence-corrected chi connectivity index (χ1v) is 10.3. The van der Waals surface area contributed by atoms with Crippen LogP contribution in [-0.4, -0.2) is 48.7 Å². The number of hydrogen-bond acceptors (Lipinski definition) is 4. The number of carboxylic acids is 1. The molecule has 1 amide bonds. The Morgan fingerprint density at radius 1 is 1.17 bits per heavy atom. The van der Waals surface area contributed by atoms with E-state index in [2.05, 4.69) is 0 Å². The van der Waals surface area contributed by atoms with Crippen LogP contribution in [0.3, 0.4) is 0 Å². The largest absolute Gasteiger partial charge is 0.497 e. The molecule has 1 aliphatic rings. The number of carbonyl (C=O) groups is 2. The summed E-state index contributed by atoms with van der Waals surface area (Å²) in [7, 11) is 1.62. The zero-order valence-electron chi connectivity index (χ0n) is 17.5. The van der Waals surface area contributed by atoms with E-state index in [-0.39, 0.29) is 18.4 Å². The van der Waals surface area contributed by atoms with Crippen LogP contribution in [0.25, 0.3) is 0 Å². The van der Waals surface area contributed by atoms with Crippen LogP contribution in [0, 0.1) is 5.92 Å². The average Bonchev–Trinajstić information content (AvgIpc) is 2.77. The van der Waals surface area contributed by atoms with Gasteiger partial charge in [0.25, 0.3) is 0 Å². The van der Waals surface area contributed by atoms with Crippen LogP contribution in [-0.2, 0) is 16.0 Å². The van der Waals surface area contributed by atoms with Crippen molar-refractivity contribution in [2.75, 3.05) is 26.8 Å². The van der Waals surface area contributed by atoms with Crippen molar-refractivity contribution in [3.8, 4) is 11.5 Å². The summed E-state index contributed by atoms with van der Waals surface area (Å²) in [5.41, 5.74) is 2.07. The normalized spacial score (nSPS) is 17.3. The third-order valence-corrected chi connectivity index (χ3v) is 5.51. The molecule has 2 aromatic carbocycles. The quantitative estimate of drug-likeness (QED) is 0.716. The van der Waals surface area contributed by atoms with Gasteiger partial charge in [0, 0.05) is 19.0 Å². The van der Waals surface area contributed by atoms with Crippen molar-refractivity contribution >= 4 is 11.9 Å². The molecule has 2 aromatic rings. The lowest BCUT2D eigenvalue weighted by molar-refractivity contribution is -0.142. The van der Waals surface area contributed by atoms with E-state index >= 15 is 0 Å².